The lowest BCUT2D eigenvalue weighted by Crippen LogP contribution is -2.44. The van der Waals surface area contributed by atoms with E-state index >= 15 is 0 Å². The predicted octanol–water partition coefficient (Wildman–Crippen LogP) is 2.81. The summed E-state index contributed by atoms with van der Waals surface area (Å²) in [7, 11) is 0. The lowest BCUT2D eigenvalue weighted by Gasteiger charge is -2.33. The fraction of sp³-hybridized carbons (Fsp3) is 0.667. The van der Waals surface area contributed by atoms with Crippen LogP contribution in [0, 0.1) is 5.41 Å². The van der Waals surface area contributed by atoms with Crippen molar-refractivity contribution >= 4 is 27.8 Å². The number of carboxylic acids is 1. The van der Waals surface area contributed by atoms with Gasteiger partial charge in [0.2, 0.25) is 0 Å². The summed E-state index contributed by atoms with van der Waals surface area (Å²) in [4.78, 5) is 23.9. The van der Waals surface area contributed by atoms with Crippen molar-refractivity contribution in [2.24, 2.45) is 5.41 Å². The van der Waals surface area contributed by atoms with Crippen LogP contribution in [0.3, 0.4) is 0 Å². The molecule has 7 heteroatoms. The van der Waals surface area contributed by atoms with Crippen LogP contribution in [-0.4, -0.2) is 33.7 Å². The number of amides is 1. The smallest absolute Gasteiger partial charge is 0.311 e. The van der Waals surface area contributed by atoms with Crippen LogP contribution >= 0.6 is 15.9 Å². The zero-order chi connectivity index (χ0) is 15.7. The quantitative estimate of drug-likeness (QED) is 0.743. The second kappa shape index (κ2) is 6.02. The molecule has 0 saturated heterocycles. The number of carbonyl (C=O) groups excluding carboxylic acids is 1. The molecule has 2 aliphatic carbocycles. The Morgan fingerprint density at radius 2 is 2.00 bits per heavy atom. The molecular formula is C15H20BrN3O3. The van der Waals surface area contributed by atoms with E-state index in [1.54, 1.807) is 0 Å². The number of rotatable bonds is 5. The number of hydrogen-bond donors (Lipinski definition) is 3. The van der Waals surface area contributed by atoms with Gasteiger partial charge in [0.15, 0.2) is 5.69 Å². The van der Waals surface area contributed by atoms with E-state index in [2.05, 4.69) is 31.4 Å². The third-order valence-corrected chi connectivity index (χ3v) is 5.59. The molecule has 3 N–H and O–H groups in total. The van der Waals surface area contributed by atoms with Gasteiger partial charge in [-0.1, -0.05) is 19.3 Å². The zero-order valence-corrected chi connectivity index (χ0v) is 13.9. The molecule has 2 saturated carbocycles. The average Bonchev–Trinajstić information content (AvgIpc) is 3.28. The minimum atomic E-state index is -0.823. The van der Waals surface area contributed by atoms with Gasteiger partial charge in [-0.2, -0.15) is 5.10 Å². The van der Waals surface area contributed by atoms with Crippen molar-refractivity contribution < 1.29 is 14.7 Å². The summed E-state index contributed by atoms with van der Waals surface area (Å²) >= 11 is 3.43. The normalized spacial score (nSPS) is 20.6. The van der Waals surface area contributed by atoms with Gasteiger partial charge in [-0.15, -0.1) is 0 Å². The number of nitrogens with zero attached hydrogens (tertiary/aromatic N) is 1. The van der Waals surface area contributed by atoms with Gasteiger partial charge >= 0.3 is 5.97 Å². The van der Waals surface area contributed by atoms with Crippen LogP contribution in [0.25, 0.3) is 0 Å². The highest BCUT2D eigenvalue weighted by Crippen LogP contribution is 2.43. The van der Waals surface area contributed by atoms with Gasteiger partial charge in [-0.25, -0.2) is 0 Å². The standard InChI is InChI=1S/C15H20BrN3O3/c16-10-11(9-4-5-9)18-19-12(10)13(20)17-8-15(14(21)22)6-2-1-3-7-15/h9H,1-8H2,(H,17,20)(H,18,19)(H,21,22). The highest BCUT2D eigenvalue weighted by Gasteiger charge is 2.40. The van der Waals surface area contributed by atoms with Crippen LogP contribution in [0.2, 0.25) is 0 Å². The Kier molecular flexibility index (Phi) is 4.25. The van der Waals surface area contributed by atoms with Crippen LogP contribution in [0.1, 0.15) is 67.0 Å². The predicted molar refractivity (Wildman–Crippen MR) is 83.7 cm³/mol. The third-order valence-electron chi connectivity index (χ3n) is 4.78. The molecule has 0 spiro atoms. The van der Waals surface area contributed by atoms with E-state index in [1.807, 2.05) is 0 Å². The molecule has 22 heavy (non-hydrogen) atoms. The molecule has 2 fully saturated rings. The lowest BCUT2D eigenvalue weighted by atomic mass is 9.74. The molecule has 0 atom stereocenters. The first-order valence-electron chi connectivity index (χ1n) is 7.79. The summed E-state index contributed by atoms with van der Waals surface area (Å²) in [5.41, 5.74) is 0.463. The number of H-pyrrole nitrogens is 1. The third kappa shape index (κ3) is 2.91. The summed E-state index contributed by atoms with van der Waals surface area (Å²) in [5, 5.41) is 19.3. The number of aromatic amines is 1. The summed E-state index contributed by atoms with van der Waals surface area (Å²) in [5.74, 6) is -0.666. The van der Waals surface area contributed by atoms with Gasteiger partial charge in [0.25, 0.3) is 5.91 Å². The number of aromatic nitrogens is 2. The van der Waals surface area contributed by atoms with Crippen molar-refractivity contribution in [3.63, 3.8) is 0 Å². The van der Waals surface area contributed by atoms with Crippen LogP contribution in [0.5, 0.6) is 0 Å². The van der Waals surface area contributed by atoms with Crippen molar-refractivity contribution in [3.05, 3.63) is 15.9 Å². The second-order valence-corrected chi connectivity index (χ2v) is 7.20. The van der Waals surface area contributed by atoms with Crippen molar-refractivity contribution in [1.29, 1.82) is 0 Å². The molecule has 1 aromatic heterocycles. The molecule has 1 amide bonds. The largest absolute Gasteiger partial charge is 0.481 e. The number of hydrogen-bond acceptors (Lipinski definition) is 3. The minimum Gasteiger partial charge on any atom is -0.481 e. The van der Waals surface area contributed by atoms with E-state index in [-0.39, 0.29) is 12.5 Å². The van der Waals surface area contributed by atoms with Gasteiger partial charge < -0.3 is 10.4 Å². The monoisotopic (exact) mass is 369 g/mol. The highest BCUT2D eigenvalue weighted by molar-refractivity contribution is 9.10. The lowest BCUT2D eigenvalue weighted by molar-refractivity contribution is -0.150. The number of carboxylic acid groups (broad SMARTS) is 1. The first-order valence-corrected chi connectivity index (χ1v) is 8.58. The fourth-order valence-electron chi connectivity index (χ4n) is 3.16. The van der Waals surface area contributed by atoms with Crippen LogP contribution < -0.4 is 5.32 Å². The molecule has 3 rings (SSSR count). The van der Waals surface area contributed by atoms with E-state index in [4.69, 9.17) is 0 Å². The van der Waals surface area contributed by atoms with E-state index < -0.39 is 11.4 Å². The second-order valence-electron chi connectivity index (χ2n) is 6.40. The maximum atomic E-state index is 12.3. The molecule has 0 aromatic carbocycles. The summed E-state index contributed by atoms with van der Waals surface area (Å²) < 4.78 is 0.709. The first kappa shape index (κ1) is 15.5. The zero-order valence-electron chi connectivity index (χ0n) is 12.3. The topological polar surface area (TPSA) is 95.1 Å². The first-order chi connectivity index (χ1) is 10.5. The average molecular weight is 370 g/mol. The number of aliphatic carboxylic acids is 1. The van der Waals surface area contributed by atoms with Crippen molar-refractivity contribution in [1.82, 2.24) is 15.5 Å². The Hall–Kier alpha value is -1.37. The Bertz CT molecular complexity index is 589. The van der Waals surface area contributed by atoms with Crippen LogP contribution in [-0.2, 0) is 4.79 Å². The molecular weight excluding hydrogens is 350 g/mol. The molecule has 2 aliphatic rings. The molecule has 0 bridgehead atoms. The van der Waals surface area contributed by atoms with E-state index in [0.717, 1.165) is 37.8 Å². The van der Waals surface area contributed by atoms with Crippen molar-refractivity contribution in [3.8, 4) is 0 Å². The van der Waals surface area contributed by atoms with Gasteiger partial charge in [0.05, 0.1) is 15.6 Å². The molecule has 0 unspecified atom stereocenters. The van der Waals surface area contributed by atoms with Gasteiger partial charge in [-0.3, -0.25) is 14.7 Å². The van der Waals surface area contributed by atoms with E-state index in [1.165, 1.54) is 0 Å². The Balaban J connectivity index is 1.67. The number of nitrogens with one attached hydrogen (secondary N) is 2. The SMILES string of the molecule is O=C(NCC1(C(=O)O)CCCCC1)c1n[nH]c(C2CC2)c1Br. The Morgan fingerprint density at radius 3 is 2.59 bits per heavy atom. The Morgan fingerprint density at radius 1 is 1.32 bits per heavy atom. The van der Waals surface area contributed by atoms with Crippen LogP contribution in [0.4, 0.5) is 0 Å². The fourth-order valence-corrected chi connectivity index (χ4v) is 3.84. The van der Waals surface area contributed by atoms with Gasteiger partial charge in [0, 0.05) is 12.5 Å². The van der Waals surface area contributed by atoms with E-state index in [9.17, 15) is 14.7 Å². The number of halogens is 1. The van der Waals surface area contributed by atoms with Crippen LogP contribution in [0.15, 0.2) is 4.47 Å². The molecule has 0 radical (unpaired) electrons. The maximum absolute atomic E-state index is 12.3. The highest BCUT2D eigenvalue weighted by atomic mass is 79.9. The molecule has 1 heterocycles. The van der Waals surface area contributed by atoms with Crippen molar-refractivity contribution in [2.75, 3.05) is 6.54 Å². The van der Waals surface area contributed by atoms with Gasteiger partial charge in [-0.05, 0) is 41.6 Å². The number of carbonyl (C=O) groups is 2. The molecule has 120 valence electrons. The summed E-state index contributed by atoms with van der Waals surface area (Å²) in [6.45, 7) is 0.166. The summed E-state index contributed by atoms with van der Waals surface area (Å²) in [6.07, 6.45) is 6.35. The molecule has 1 aromatic rings. The maximum Gasteiger partial charge on any atom is 0.311 e. The van der Waals surface area contributed by atoms with Gasteiger partial charge in [0.1, 0.15) is 0 Å². The summed E-state index contributed by atoms with van der Waals surface area (Å²) in [6, 6.07) is 0. The molecule has 6 nitrogen and oxygen atoms in total. The van der Waals surface area contributed by atoms with E-state index in [0.29, 0.717) is 28.9 Å². The van der Waals surface area contributed by atoms with Crippen molar-refractivity contribution in [2.45, 2.75) is 50.9 Å². The molecule has 0 aliphatic heterocycles. The Labute approximate surface area is 137 Å². The minimum absolute atomic E-state index is 0.166.